The molecule has 0 amide bonds. The third kappa shape index (κ3) is 1.59. The van der Waals surface area contributed by atoms with Gasteiger partial charge in [-0.2, -0.15) is 0 Å². The van der Waals surface area contributed by atoms with Gasteiger partial charge in [0, 0.05) is 25.2 Å². The maximum absolute atomic E-state index is 5.32. The zero-order valence-electron chi connectivity index (χ0n) is 8.11. The highest BCUT2D eigenvalue weighted by molar-refractivity contribution is 5.60. The number of aryl methyl sites for hydroxylation is 1. The second kappa shape index (κ2) is 3.49. The number of hydrogen-bond donors (Lipinski definition) is 1. The Hall–Kier alpha value is -1.84. The lowest BCUT2D eigenvalue weighted by Crippen LogP contribution is -1.87. The van der Waals surface area contributed by atoms with Gasteiger partial charge < -0.3 is 9.73 Å². The van der Waals surface area contributed by atoms with Crippen LogP contribution in [-0.2, 0) is 0 Å². The van der Waals surface area contributed by atoms with Crippen LogP contribution in [0.2, 0.25) is 0 Å². The van der Waals surface area contributed by atoms with E-state index in [4.69, 9.17) is 4.42 Å². The van der Waals surface area contributed by atoms with Crippen LogP contribution < -0.4 is 5.32 Å². The Morgan fingerprint density at radius 2 is 2.14 bits per heavy atom. The first kappa shape index (κ1) is 8.74. The highest BCUT2D eigenvalue weighted by atomic mass is 16.4. The number of rotatable bonds is 2. The van der Waals surface area contributed by atoms with Crippen LogP contribution in [0.3, 0.4) is 0 Å². The fourth-order valence-corrected chi connectivity index (χ4v) is 1.22. The van der Waals surface area contributed by atoms with Gasteiger partial charge >= 0.3 is 0 Å². The van der Waals surface area contributed by atoms with Gasteiger partial charge in [-0.15, -0.1) is 10.2 Å². The van der Waals surface area contributed by atoms with E-state index in [0.29, 0.717) is 11.8 Å². The van der Waals surface area contributed by atoms with Crippen LogP contribution in [0.1, 0.15) is 5.89 Å². The van der Waals surface area contributed by atoms with Crippen LogP contribution in [0.15, 0.2) is 28.7 Å². The van der Waals surface area contributed by atoms with E-state index in [9.17, 15) is 0 Å². The fourth-order valence-electron chi connectivity index (χ4n) is 1.22. The van der Waals surface area contributed by atoms with Gasteiger partial charge in [0.25, 0.3) is 0 Å². The van der Waals surface area contributed by atoms with Gasteiger partial charge in [0.2, 0.25) is 11.8 Å². The molecule has 0 spiro atoms. The third-order valence-corrected chi connectivity index (χ3v) is 1.92. The van der Waals surface area contributed by atoms with Crippen molar-refractivity contribution in [2.45, 2.75) is 6.92 Å². The van der Waals surface area contributed by atoms with E-state index >= 15 is 0 Å². The van der Waals surface area contributed by atoms with Crippen molar-refractivity contribution in [3.05, 3.63) is 30.2 Å². The zero-order valence-corrected chi connectivity index (χ0v) is 8.11. The molecule has 1 aromatic carbocycles. The molecule has 2 rings (SSSR count). The number of nitrogens with one attached hydrogen (secondary N) is 1. The van der Waals surface area contributed by atoms with Gasteiger partial charge in [-0.25, -0.2) is 0 Å². The Labute approximate surface area is 82.0 Å². The van der Waals surface area contributed by atoms with Crippen LogP contribution in [0, 0.1) is 6.92 Å². The summed E-state index contributed by atoms with van der Waals surface area (Å²) >= 11 is 0. The maximum atomic E-state index is 5.32. The second-order valence-corrected chi connectivity index (χ2v) is 2.96. The van der Waals surface area contributed by atoms with Crippen molar-refractivity contribution in [2.24, 2.45) is 0 Å². The van der Waals surface area contributed by atoms with Crippen molar-refractivity contribution in [3.63, 3.8) is 0 Å². The van der Waals surface area contributed by atoms with Gasteiger partial charge in [-0.3, -0.25) is 0 Å². The average Bonchev–Trinajstić information content (AvgIpc) is 2.65. The number of hydrogen-bond acceptors (Lipinski definition) is 4. The van der Waals surface area contributed by atoms with Crippen LogP contribution in [0.4, 0.5) is 5.69 Å². The summed E-state index contributed by atoms with van der Waals surface area (Å²) in [5.74, 6) is 1.13. The normalized spacial score (nSPS) is 10.1. The minimum atomic E-state index is 0.555. The van der Waals surface area contributed by atoms with E-state index in [0.717, 1.165) is 11.3 Å². The van der Waals surface area contributed by atoms with Gasteiger partial charge in [0.1, 0.15) is 0 Å². The number of aromatic nitrogens is 2. The molecular formula is C10H11N3O. The highest BCUT2D eigenvalue weighted by Gasteiger charge is 2.05. The largest absolute Gasteiger partial charge is 0.421 e. The lowest BCUT2D eigenvalue weighted by molar-refractivity contribution is 0.533. The molecule has 0 unspecified atom stereocenters. The average molecular weight is 189 g/mol. The molecule has 1 aromatic heterocycles. The molecule has 4 nitrogen and oxygen atoms in total. The summed E-state index contributed by atoms with van der Waals surface area (Å²) in [6.07, 6.45) is 0. The molecule has 0 fully saturated rings. The molecule has 0 saturated carbocycles. The highest BCUT2D eigenvalue weighted by Crippen LogP contribution is 2.20. The first-order valence-corrected chi connectivity index (χ1v) is 4.38. The Bertz CT molecular complexity index is 436. The predicted octanol–water partition coefficient (Wildman–Crippen LogP) is 2.09. The molecule has 0 saturated heterocycles. The number of benzene rings is 1. The number of nitrogens with zero attached hydrogens (tertiary/aromatic N) is 2. The molecule has 0 aliphatic carbocycles. The Kier molecular flexibility index (Phi) is 2.18. The summed E-state index contributed by atoms with van der Waals surface area (Å²) in [4.78, 5) is 0. The van der Waals surface area contributed by atoms with Crippen LogP contribution in [-0.4, -0.2) is 17.2 Å². The molecule has 2 aromatic rings. The van der Waals surface area contributed by atoms with Crippen LogP contribution in [0.25, 0.3) is 11.5 Å². The van der Waals surface area contributed by atoms with E-state index in [2.05, 4.69) is 15.5 Å². The second-order valence-electron chi connectivity index (χ2n) is 2.96. The lowest BCUT2D eigenvalue weighted by Gasteiger charge is -2.00. The number of anilines is 1. The first-order valence-electron chi connectivity index (χ1n) is 4.38. The van der Waals surface area contributed by atoms with Crippen molar-refractivity contribution in [1.82, 2.24) is 10.2 Å². The Morgan fingerprint density at radius 1 is 1.29 bits per heavy atom. The maximum Gasteiger partial charge on any atom is 0.247 e. The van der Waals surface area contributed by atoms with Crippen molar-refractivity contribution in [3.8, 4) is 11.5 Å². The predicted molar refractivity (Wildman–Crippen MR) is 54.0 cm³/mol. The van der Waals surface area contributed by atoms with Crippen molar-refractivity contribution < 1.29 is 4.42 Å². The molecule has 4 heteroatoms. The van der Waals surface area contributed by atoms with E-state index in [-0.39, 0.29) is 0 Å². The van der Waals surface area contributed by atoms with Gasteiger partial charge in [-0.1, -0.05) is 6.07 Å². The molecule has 0 aliphatic heterocycles. The molecule has 0 aliphatic rings. The van der Waals surface area contributed by atoms with E-state index in [1.807, 2.05) is 31.3 Å². The first-order chi connectivity index (χ1) is 6.79. The third-order valence-electron chi connectivity index (χ3n) is 1.92. The quantitative estimate of drug-likeness (QED) is 0.785. The molecule has 0 bridgehead atoms. The molecular weight excluding hydrogens is 178 g/mol. The summed E-state index contributed by atoms with van der Waals surface area (Å²) in [5, 5.41) is 10.8. The topological polar surface area (TPSA) is 51.0 Å². The van der Waals surface area contributed by atoms with Gasteiger partial charge in [-0.05, 0) is 18.2 Å². The van der Waals surface area contributed by atoms with Gasteiger partial charge in [0.05, 0.1) is 0 Å². The summed E-state index contributed by atoms with van der Waals surface area (Å²) in [6.45, 7) is 1.78. The summed E-state index contributed by atoms with van der Waals surface area (Å²) in [6, 6.07) is 7.83. The molecule has 0 radical (unpaired) electrons. The zero-order chi connectivity index (χ0) is 9.97. The Morgan fingerprint density at radius 3 is 2.79 bits per heavy atom. The van der Waals surface area contributed by atoms with Gasteiger partial charge in [0.15, 0.2) is 0 Å². The minimum absolute atomic E-state index is 0.555. The van der Waals surface area contributed by atoms with Crippen LogP contribution >= 0.6 is 0 Å². The van der Waals surface area contributed by atoms with Crippen molar-refractivity contribution in [2.75, 3.05) is 12.4 Å². The van der Waals surface area contributed by atoms with Crippen molar-refractivity contribution >= 4 is 5.69 Å². The minimum Gasteiger partial charge on any atom is -0.421 e. The molecule has 72 valence electrons. The van der Waals surface area contributed by atoms with Crippen LogP contribution in [0.5, 0.6) is 0 Å². The molecule has 1 heterocycles. The monoisotopic (exact) mass is 189 g/mol. The standard InChI is InChI=1S/C10H11N3O/c1-7-12-13-10(14-7)8-4-3-5-9(6-8)11-2/h3-6,11H,1-2H3. The fraction of sp³-hybridized carbons (Fsp3) is 0.200. The van der Waals surface area contributed by atoms with E-state index in [1.165, 1.54) is 0 Å². The smallest absolute Gasteiger partial charge is 0.247 e. The summed E-state index contributed by atoms with van der Waals surface area (Å²) in [7, 11) is 1.87. The van der Waals surface area contributed by atoms with Crippen molar-refractivity contribution in [1.29, 1.82) is 0 Å². The molecule has 0 atom stereocenters. The summed E-state index contributed by atoms with van der Waals surface area (Å²) in [5.41, 5.74) is 1.95. The van der Waals surface area contributed by atoms with E-state index in [1.54, 1.807) is 6.92 Å². The van der Waals surface area contributed by atoms with E-state index < -0.39 is 0 Å². The lowest BCUT2D eigenvalue weighted by atomic mass is 10.2. The SMILES string of the molecule is CNc1cccc(-c2nnc(C)o2)c1. The molecule has 14 heavy (non-hydrogen) atoms. The summed E-state index contributed by atoms with van der Waals surface area (Å²) < 4.78 is 5.32. The Balaban J connectivity index is 2.41. The molecule has 1 N–H and O–H groups in total.